The Labute approximate surface area is 160 Å². The SMILES string of the molecule is CC(C)C(C)NC(=O)CN(c1cccc(Cl)c1)S(=O)(=O)c1ccccc1. The lowest BCUT2D eigenvalue weighted by Crippen LogP contribution is -2.45. The molecule has 0 bridgehead atoms. The summed E-state index contributed by atoms with van der Waals surface area (Å²) in [6.45, 7) is 5.54. The van der Waals surface area contributed by atoms with E-state index in [2.05, 4.69) is 5.32 Å². The van der Waals surface area contributed by atoms with Gasteiger partial charge in [0.05, 0.1) is 10.6 Å². The monoisotopic (exact) mass is 394 g/mol. The van der Waals surface area contributed by atoms with Gasteiger partial charge in [-0.15, -0.1) is 0 Å². The van der Waals surface area contributed by atoms with Crippen LogP contribution in [0.3, 0.4) is 0 Å². The highest BCUT2D eigenvalue weighted by molar-refractivity contribution is 7.92. The number of carbonyl (C=O) groups is 1. The van der Waals surface area contributed by atoms with E-state index in [1.54, 1.807) is 36.4 Å². The van der Waals surface area contributed by atoms with Crippen LogP contribution in [0.2, 0.25) is 5.02 Å². The first-order valence-electron chi connectivity index (χ1n) is 8.34. The van der Waals surface area contributed by atoms with E-state index in [0.29, 0.717) is 10.7 Å². The molecule has 2 aromatic carbocycles. The maximum atomic E-state index is 13.1. The fraction of sp³-hybridized carbons (Fsp3) is 0.316. The highest BCUT2D eigenvalue weighted by Crippen LogP contribution is 2.26. The van der Waals surface area contributed by atoms with E-state index in [1.165, 1.54) is 18.2 Å². The summed E-state index contributed by atoms with van der Waals surface area (Å²) in [5.41, 5.74) is 0.341. The van der Waals surface area contributed by atoms with Gasteiger partial charge in [-0.3, -0.25) is 9.10 Å². The third-order valence-electron chi connectivity index (χ3n) is 4.10. The number of amides is 1. The first-order chi connectivity index (χ1) is 12.2. The van der Waals surface area contributed by atoms with Crippen LogP contribution in [0.4, 0.5) is 5.69 Å². The molecule has 1 unspecified atom stereocenters. The molecule has 0 aromatic heterocycles. The van der Waals surface area contributed by atoms with Crippen molar-refractivity contribution in [2.24, 2.45) is 5.92 Å². The maximum Gasteiger partial charge on any atom is 0.264 e. The van der Waals surface area contributed by atoms with E-state index >= 15 is 0 Å². The summed E-state index contributed by atoms with van der Waals surface area (Å²) in [4.78, 5) is 12.6. The van der Waals surface area contributed by atoms with Crippen LogP contribution in [0.5, 0.6) is 0 Å². The highest BCUT2D eigenvalue weighted by atomic mass is 35.5. The Morgan fingerprint density at radius 3 is 2.31 bits per heavy atom. The molecular weight excluding hydrogens is 372 g/mol. The Balaban J connectivity index is 2.39. The van der Waals surface area contributed by atoms with Crippen LogP contribution < -0.4 is 9.62 Å². The van der Waals surface area contributed by atoms with Gasteiger partial charge in [-0.25, -0.2) is 8.42 Å². The summed E-state index contributed by atoms with van der Waals surface area (Å²) in [5.74, 6) is -0.130. The molecule has 0 radical (unpaired) electrons. The second-order valence-corrected chi connectivity index (χ2v) is 8.70. The molecule has 2 aromatic rings. The highest BCUT2D eigenvalue weighted by Gasteiger charge is 2.27. The first-order valence-corrected chi connectivity index (χ1v) is 10.2. The summed E-state index contributed by atoms with van der Waals surface area (Å²) < 4.78 is 27.3. The molecule has 5 nitrogen and oxygen atoms in total. The Morgan fingerprint density at radius 1 is 1.08 bits per heavy atom. The van der Waals surface area contributed by atoms with E-state index in [0.717, 1.165) is 4.31 Å². The number of benzene rings is 2. The van der Waals surface area contributed by atoms with Crippen LogP contribution in [0.15, 0.2) is 59.5 Å². The van der Waals surface area contributed by atoms with Gasteiger partial charge in [-0.1, -0.05) is 49.7 Å². The Hall–Kier alpha value is -2.05. The van der Waals surface area contributed by atoms with E-state index < -0.39 is 10.0 Å². The Morgan fingerprint density at radius 2 is 1.73 bits per heavy atom. The molecule has 1 amide bonds. The molecule has 26 heavy (non-hydrogen) atoms. The first kappa shape index (κ1) is 20.3. The van der Waals surface area contributed by atoms with Gasteiger partial charge < -0.3 is 5.32 Å². The van der Waals surface area contributed by atoms with Crippen LogP contribution in [0.1, 0.15) is 20.8 Å². The van der Waals surface area contributed by atoms with E-state index in [9.17, 15) is 13.2 Å². The second-order valence-electron chi connectivity index (χ2n) is 6.40. The number of halogens is 1. The van der Waals surface area contributed by atoms with E-state index in [-0.39, 0.29) is 29.3 Å². The zero-order valence-electron chi connectivity index (χ0n) is 15.0. The zero-order chi connectivity index (χ0) is 19.3. The van der Waals surface area contributed by atoms with Gasteiger partial charge in [0.1, 0.15) is 6.54 Å². The lowest BCUT2D eigenvalue weighted by Gasteiger charge is -2.26. The fourth-order valence-electron chi connectivity index (χ4n) is 2.26. The summed E-state index contributed by atoms with van der Waals surface area (Å²) in [5, 5.41) is 3.23. The smallest absolute Gasteiger partial charge is 0.264 e. The average molecular weight is 395 g/mol. The number of hydrogen-bond acceptors (Lipinski definition) is 3. The third-order valence-corrected chi connectivity index (χ3v) is 6.13. The topological polar surface area (TPSA) is 66.5 Å². The van der Waals surface area contributed by atoms with Crippen molar-refractivity contribution in [1.29, 1.82) is 0 Å². The van der Waals surface area contributed by atoms with E-state index in [1.807, 2.05) is 20.8 Å². The zero-order valence-corrected chi connectivity index (χ0v) is 16.6. The quantitative estimate of drug-likeness (QED) is 0.778. The van der Waals surface area contributed by atoms with Crippen LogP contribution in [0.25, 0.3) is 0 Å². The predicted molar refractivity (Wildman–Crippen MR) is 105 cm³/mol. The van der Waals surface area contributed by atoms with Gasteiger partial charge >= 0.3 is 0 Å². The van der Waals surface area contributed by atoms with Gasteiger partial charge in [-0.2, -0.15) is 0 Å². The molecule has 7 heteroatoms. The fourth-order valence-corrected chi connectivity index (χ4v) is 3.88. The van der Waals surface area contributed by atoms with Gasteiger partial charge in [0.25, 0.3) is 10.0 Å². The predicted octanol–water partition coefficient (Wildman–Crippen LogP) is 3.70. The number of sulfonamides is 1. The van der Waals surface area contributed by atoms with Gasteiger partial charge in [0, 0.05) is 11.1 Å². The molecule has 0 aliphatic rings. The molecule has 0 aliphatic carbocycles. The Bertz CT molecular complexity index is 854. The molecule has 0 saturated carbocycles. The molecule has 1 atom stereocenters. The molecule has 0 saturated heterocycles. The van der Waals surface area contributed by atoms with Gasteiger partial charge in [-0.05, 0) is 43.2 Å². The van der Waals surface area contributed by atoms with Crippen LogP contribution in [-0.4, -0.2) is 26.9 Å². The van der Waals surface area contributed by atoms with Crippen molar-refractivity contribution in [2.75, 3.05) is 10.8 Å². The number of anilines is 1. The van der Waals surface area contributed by atoms with Crippen molar-refractivity contribution in [2.45, 2.75) is 31.7 Å². The van der Waals surface area contributed by atoms with Crippen molar-refractivity contribution >= 4 is 33.2 Å². The molecule has 0 fully saturated rings. The van der Waals surface area contributed by atoms with Crippen LogP contribution >= 0.6 is 11.6 Å². The molecule has 0 heterocycles. The summed E-state index contributed by atoms with van der Waals surface area (Å²) in [6.07, 6.45) is 0. The third kappa shape index (κ3) is 4.99. The summed E-state index contributed by atoms with van der Waals surface area (Å²) in [6, 6.07) is 14.4. The van der Waals surface area contributed by atoms with Gasteiger partial charge in [0.15, 0.2) is 0 Å². The number of nitrogens with one attached hydrogen (secondary N) is 1. The minimum atomic E-state index is -3.91. The van der Waals surface area contributed by atoms with Gasteiger partial charge in [0.2, 0.25) is 5.91 Å². The number of nitrogens with zero attached hydrogens (tertiary/aromatic N) is 1. The molecule has 2 rings (SSSR count). The lowest BCUT2D eigenvalue weighted by atomic mass is 10.1. The minimum absolute atomic E-state index is 0.0665. The summed E-state index contributed by atoms with van der Waals surface area (Å²) in [7, 11) is -3.91. The lowest BCUT2D eigenvalue weighted by molar-refractivity contribution is -0.120. The number of carbonyl (C=O) groups excluding carboxylic acids is 1. The normalized spacial score (nSPS) is 12.7. The number of hydrogen-bond donors (Lipinski definition) is 1. The summed E-state index contributed by atoms with van der Waals surface area (Å²) >= 11 is 6.03. The standard InChI is InChI=1S/C19H23ClN2O3S/c1-14(2)15(3)21-19(23)13-22(17-9-7-8-16(20)12-17)26(24,25)18-10-5-4-6-11-18/h4-12,14-15H,13H2,1-3H3,(H,21,23). The minimum Gasteiger partial charge on any atom is -0.352 e. The average Bonchev–Trinajstić information content (AvgIpc) is 2.60. The van der Waals surface area contributed by atoms with Crippen molar-refractivity contribution in [3.63, 3.8) is 0 Å². The molecule has 0 aliphatic heterocycles. The molecule has 1 N–H and O–H groups in total. The van der Waals surface area contributed by atoms with Crippen LogP contribution in [0, 0.1) is 5.92 Å². The van der Waals surface area contributed by atoms with E-state index in [4.69, 9.17) is 11.6 Å². The number of rotatable bonds is 7. The maximum absolute atomic E-state index is 13.1. The second kappa shape index (κ2) is 8.56. The molecular formula is C19H23ClN2O3S. The van der Waals surface area contributed by atoms with Crippen LogP contribution in [-0.2, 0) is 14.8 Å². The Kier molecular flexibility index (Phi) is 6.67. The van der Waals surface area contributed by atoms with Crippen molar-refractivity contribution < 1.29 is 13.2 Å². The van der Waals surface area contributed by atoms with Crippen molar-refractivity contribution in [3.8, 4) is 0 Å². The van der Waals surface area contributed by atoms with Crippen molar-refractivity contribution in [1.82, 2.24) is 5.32 Å². The largest absolute Gasteiger partial charge is 0.352 e. The molecule has 140 valence electrons. The van der Waals surface area contributed by atoms with Crippen molar-refractivity contribution in [3.05, 3.63) is 59.6 Å². The molecule has 0 spiro atoms.